The number of rotatable bonds is 5. The zero-order valence-corrected chi connectivity index (χ0v) is 21.1. The van der Waals surface area contributed by atoms with Crippen molar-refractivity contribution in [3.63, 3.8) is 0 Å². The van der Waals surface area contributed by atoms with Crippen LogP contribution in [0.25, 0.3) is 11.4 Å². The van der Waals surface area contributed by atoms with Gasteiger partial charge in [-0.3, -0.25) is 9.59 Å². The van der Waals surface area contributed by atoms with Crippen molar-refractivity contribution in [3.05, 3.63) is 40.4 Å². The average molecular weight is 490 g/mol. The number of hydrogen-bond donors (Lipinski definition) is 1. The molecule has 0 radical (unpaired) electrons. The van der Waals surface area contributed by atoms with Gasteiger partial charge in [-0.2, -0.15) is 0 Å². The SMILES string of the molecule is CN1CCCn2c(-c3cc(Cl)ccc3F)nc(C(=O)N[C@H](CN3CCCC3=O)C(C)(C)C)c2C1. The van der Waals surface area contributed by atoms with E-state index in [0.29, 0.717) is 49.1 Å². The molecule has 1 fully saturated rings. The predicted octanol–water partition coefficient (Wildman–Crippen LogP) is 3.95. The summed E-state index contributed by atoms with van der Waals surface area (Å²) >= 11 is 6.16. The van der Waals surface area contributed by atoms with E-state index in [1.165, 1.54) is 12.1 Å². The van der Waals surface area contributed by atoms with Crippen molar-refractivity contribution in [3.8, 4) is 11.4 Å². The Balaban J connectivity index is 1.71. The van der Waals surface area contributed by atoms with Crippen LogP contribution in [0.1, 0.15) is 56.2 Å². The number of carbonyl (C=O) groups excluding carboxylic acids is 2. The van der Waals surface area contributed by atoms with E-state index < -0.39 is 5.82 Å². The highest BCUT2D eigenvalue weighted by molar-refractivity contribution is 6.30. The first-order valence-electron chi connectivity index (χ1n) is 11.9. The molecule has 0 aliphatic carbocycles. The van der Waals surface area contributed by atoms with Gasteiger partial charge in [0.25, 0.3) is 5.91 Å². The molecule has 2 aliphatic heterocycles. The Morgan fingerprint density at radius 1 is 1.24 bits per heavy atom. The van der Waals surface area contributed by atoms with Gasteiger partial charge in [0.2, 0.25) is 5.91 Å². The van der Waals surface area contributed by atoms with Gasteiger partial charge in [0.15, 0.2) is 5.69 Å². The van der Waals surface area contributed by atoms with Gasteiger partial charge in [0.1, 0.15) is 11.6 Å². The van der Waals surface area contributed by atoms with E-state index in [9.17, 15) is 14.0 Å². The summed E-state index contributed by atoms with van der Waals surface area (Å²) in [6.45, 7) is 9.34. The number of nitrogens with one attached hydrogen (secondary N) is 1. The number of fused-ring (bicyclic) bond motifs is 1. The summed E-state index contributed by atoms with van der Waals surface area (Å²) in [5.74, 6) is -0.196. The minimum atomic E-state index is -0.429. The largest absolute Gasteiger partial charge is 0.346 e. The first kappa shape index (κ1) is 24.7. The molecule has 1 N–H and O–H groups in total. The van der Waals surface area contributed by atoms with Crippen LogP contribution in [-0.2, 0) is 17.9 Å². The monoisotopic (exact) mass is 489 g/mol. The molecular weight excluding hydrogens is 457 g/mol. The molecule has 0 spiro atoms. The topological polar surface area (TPSA) is 70.5 Å². The van der Waals surface area contributed by atoms with Gasteiger partial charge in [-0.15, -0.1) is 0 Å². The molecule has 2 aromatic rings. The van der Waals surface area contributed by atoms with Gasteiger partial charge in [0.05, 0.1) is 17.3 Å². The van der Waals surface area contributed by atoms with Gasteiger partial charge in [-0.1, -0.05) is 32.4 Å². The first-order chi connectivity index (χ1) is 16.0. The fourth-order valence-corrected chi connectivity index (χ4v) is 4.83. The van der Waals surface area contributed by atoms with Gasteiger partial charge < -0.3 is 19.7 Å². The van der Waals surface area contributed by atoms with Crippen molar-refractivity contribution in [2.75, 3.05) is 26.7 Å². The summed E-state index contributed by atoms with van der Waals surface area (Å²) in [7, 11) is 2.00. The second-order valence-corrected chi connectivity index (χ2v) is 10.9. The third-order valence-corrected chi connectivity index (χ3v) is 6.96. The summed E-state index contributed by atoms with van der Waals surface area (Å²) in [5.41, 5.74) is 1.07. The normalized spacial score (nSPS) is 18.1. The molecule has 0 unspecified atom stereocenters. The van der Waals surface area contributed by atoms with Crippen molar-refractivity contribution < 1.29 is 14.0 Å². The fourth-order valence-electron chi connectivity index (χ4n) is 4.66. The molecule has 34 heavy (non-hydrogen) atoms. The minimum absolute atomic E-state index is 0.125. The molecule has 2 aliphatic rings. The predicted molar refractivity (Wildman–Crippen MR) is 130 cm³/mol. The molecule has 1 aromatic heterocycles. The Labute approximate surface area is 205 Å². The van der Waals surface area contributed by atoms with Gasteiger partial charge in [-0.05, 0) is 50.0 Å². The number of likely N-dealkylation sites (tertiary alicyclic amines) is 1. The molecule has 184 valence electrons. The average Bonchev–Trinajstić information content (AvgIpc) is 3.26. The van der Waals surface area contributed by atoms with Gasteiger partial charge in [-0.25, -0.2) is 9.37 Å². The zero-order chi connectivity index (χ0) is 24.6. The summed E-state index contributed by atoms with van der Waals surface area (Å²) in [5, 5.41) is 3.56. The summed E-state index contributed by atoms with van der Waals surface area (Å²) in [6, 6.07) is 4.13. The third kappa shape index (κ3) is 5.13. The van der Waals surface area contributed by atoms with E-state index in [1.807, 2.05) is 37.3 Å². The van der Waals surface area contributed by atoms with Crippen molar-refractivity contribution in [1.29, 1.82) is 0 Å². The number of nitrogens with zero attached hydrogens (tertiary/aromatic N) is 4. The maximum atomic E-state index is 14.8. The molecule has 1 aromatic carbocycles. The van der Waals surface area contributed by atoms with Crippen LogP contribution in [0.15, 0.2) is 18.2 Å². The third-order valence-electron chi connectivity index (χ3n) is 6.72. The number of halogens is 2. The Bertz CT molecular complexity index is 1090. The highest BCUT2D eigenvalue weighted by Crippen LogP contribution is 2.30. The highest BCUT2D eigenvalue weighted by atomic mass is 35.5. The Morgan fingerprint density at radius 2 is 2.00 bits per heavy atom. The summed E-state index contributed by atoms with van der Waals surface area (Å²) < 4.78 is 16.7. The van der Waals surface area contributed by atoms with Crippen molar-refractivity contribution in [2.24, 2.45) is 5.41 Å². The smallest absolute Gasteiger partial charge is 0.272 e. The van der Waals surface area contributed by atoms with Crippen LogP contribution < -0.4 is 5.32 Å². The van der Waals surface area contributed by atoms with Crippen LogP contribution in [0.5, 0.6) is 0 Å². The number of carbonyl (C=O) groups is 2. The molecule has 4 rings (SSSR count). The molecule has 9 heteroatoms. The lowest BCUT2D eigenvalue weighted by Crippen LogP contribution is -2.51. The van der Waals surface area contributed by atoms with Crippen molar-refractivity contribution >= 4 is 23.4 Å². The molecule has 3 heterocycles. The number of aromatic nitrogens is 2. The van der Waals surface area contributed by atoms with Gasteiger partial charge in [0, 0.05) is 37.6 Å². The standard InChI is InChI=1S/C25H33ClFN5O2/c1-25(2,3)20(15-31-11-5-7-21(31)33)28-24(34)22-19-14-30(4)10-6-12-32(19)23(29-22)17-13-16(26)8-9-18(17)27/h8-9,13,20H,5-7,10-12,14-15H2,1-4H3,(H,28,34)/t20-/m1/s1. The zero-order valence-electron chi connectivity index (χ0n) is 20.3. The van der Waals surface area contributed by atoms with Crippen LogP contribution in [0.2, 0.25) is 5.02 Å². The summed E-state index contributed by atoms with van der Waals surface area (Å²) in [4.78, 5) is 34.5. The molecule has 0 saturated carbocycles. The number of amides is 2. The maximum Gasteiger partial charge on any atom is 0.272 e. The van der Waals surface area contributed by atoms with E-state index >= 15 is 0 Å². The van der Waals surface area contributed by atoms with Crippen molar-refractivity contribution in [1.82, 2.24) is 24.7 Å². The van der Waals surface area contributed by atoms with E-state index in [4.69, 9.17) is 11.6 Å². The van der Waals surface area contributed by atoms with Crippen LogP contribution in [0.4, 0.5) is 4.39 Å². The molecule has 7 nitrogen and oxygen atoms in total. The lowest BCUT2D eigenvalue weighted by molar-refractivity contribution is -0.128. The number of benzene rings is 1. The van der Waals surface area contributed by atoms with Crippen molar-refractivity contribution in [2.45, 2.75) is 59.2 Å². The second-order valence-electron chi connectivity index (χ2n) is 10.4. The van der Waals surface area contributed by atoms with Crippen LogP contribution in [0, 0.1) is 11.2 Å². The quantitative estimate of drug-likeness (QED) is 0.690. The van der Waals surface area contributed by atoms with E-state index in [2.05, 4.69) is 15.2 Å². The fraction of sp³-hybridized carbons (Fsp3) is 0.560. The van der Waals surface area contributed by atoms with E-state index in [-0.39, 0.29) is 28.8 Å². The number of hydrogen-bond acceptors (Lipinski definition) is 4. The lowest BCUT2D eigenvalue weighted by Gasteiger charge is -2.34. The van der Waals surface area contributed by atoms with Gasteiger partial charge >= 0.3 is 0 Å². The highest BCUT2D eigenvalue weighted by Gasteiger charge is 2.34. The van der Waals surface area contributed by atoms with E-state index in [0.717, 1.165) is 25.1 Å². The first-order valence-corrected chi connectivity index (χ1v) is 12.2. The second kappa shape index (κ2) is 9.66. The summed E-state index contributed by atoms with van der Waals surface area (Å²) in [6.07, 6.45) is 2.26. The van der Waals surface area contributed by atoms with Crippen LogP contribution >= 0.6 is 11.6 Å². The molecule has 1 saturated heterocycles. The maximum absolute atomic E-state index is 14.8. The molecule has 1 atom stereocenters. The molecular formula is C25H33ClFN5O2. The molecule has 0 bridgehead atoms. The Hall–Kier alpha value is -2.45. The lowest BCUT2D eigenvalue weighted by atomic mass is 9.86. The number of imidazole rings is 1. The Kier molecular flexibility index (Phi) is 7.01. The van der Waals surface area contributed by atoms with E-state index in [1.54, 1.807) is 6.07 Å². The minimum Gasteiger partial charge on any atom is -0.346 e. The van der Waals surface area contributed by atoms with Crippen LogP contribution in [0.3, 0.4) is 0 Å². The molecule has 2 amide bonds. The van der Waals surface area contributed by atoms with Crippen LogP contribution in [-0.4, -0.2) is 63.9 Å². The Morgan fingerprint density at radius 3 is 2.68 bits per heavy atom.